The lowest BCUT2D eigenvalue weighted by molar-refractivity contribution is -0.122. The number of hydrogen-bond donors (Lipinski definition) is 1. The van der Waals surface area contributed by atoms with Crippen molar-refractivity contribution in [2.45, 2.75) is 32.7 Å². The summed E-state index contributed by atoms with van der Waals surface area (Å²) in [5, 5.41) is 2.99. The van der Waals surface area contributed by atoms with Crippen molar-refractivity contribution in [1.29, 1.82) is 0 Å². The van der Waals surface area contributed by atoms with E-state index in [4.69, 9.17) is 0 Å². The Balaban J connectivity index is 1.85. The van der Waals surface area contributed by atoms with Gasteiger partial charge in [0.25, 0.3) is 5.91 Å². The first-order valence-electron chi connectivity index (χ1n) is 8.82. The van der Waals surface area contributed by atoms with E-state index in [0.717, 1.165) is 17.7 Å². The normalized spacial score (nSPS) is 16.0. The highest BCUT2D eigenvalue weighted by Gasteiger charge is 2.38. The number of anilines is 1. The van der Waals surface area contributed by atoms with Gasteiger partial charge in [-0.25, -0.2) is 0 Å². The van der Waals surface area contributed by atoms with Crippen molar-refractivity contribution in [3.8, 4) is 0 Å². The van der Waals surface area contributed by atoms with Gasteiger partial charge in [-0.3, -0.25) is 14.5 Å². The molecule has 2 aromatic carbocycles. The summed E-state index contributed by atoms with van der Waals surface area (Å²) >= 11 is 0. The van der Waals surface area contributed by atoms with Gasteiger partial charge in [-0.15, -0.1) is 0 Å². The van der Waals surface area contributed by atoms with Crippen LogP contribution < -0.4 is 10.2 Å². The molecule has 2 amide bonds. The van der Waals surface area contributed by atoms with Crippen LogP contribution in [0, 0.1) is 5.92 Å². The fraction of sp³-hybridized carbons (Fsp3) is 0.333. The highest BCUT2D eigenvalue weighted by molar-refractivity contribution is 6.11. The molecule has 0 aliphatic carbocycles. The predicted molar refractivity (Wildman–Crippen MR) is 99.7 cm³/mol. The zero-order valence-corrected chi connectivity index (χ0v) is 14.7. The molecule has 1 aliphatic heterocycles. The Morgan fingerprint density at radius 2 is 1.76 bits per heavy atom. The second-order valence-corrected chi connectivity index (χ2v) is 6.86. The molecule has 4 heteroatoms. The maximum Gasteiger partial charge on any atom is 0.259 e. The SMILES string of the molecule is CC(C)CCNC(=O)[C@H]1Cc2ccccc2N1C(=O)c1ccccc1. The minimum Gasteiger partial charge on any atom is -0.354 e. The average molecular weight is 336 g/mol. The molecule has 130 valence electrons. The van der Waals surface area contributed by atoms with Crippen molar-refractivity contribution < 1.29 is 9.59 Å². The summed E-state index contributed by atoms with van der Waals surface area (Å²) in [5.41, 5.74) is 2.47. The second-order valence-electron chi connectivity index (χ2n) is 6.86. The van der Waals surface area contributed by atoms with E-state index in [-0.39, 0.29) is 11.8 Å². The van der Waals surface area contributed by atoms with Crippen LogP contribution in [-0.2, 0) is 11.2 Å². The van der Waals surface area contributed by atoms with Crippen molar-refractivity contribution >= 4 is 17.5 Å². The van der Waals surface area contributed by atoms with Crippen LogP contribution in [0.25, 0.3) is 0 Å². The van der Waals surface area contributed by atoms with Crippen LogP contribution in [0.3, 0.4) is 0 Å². The van der Waals surface area contributed by atoms with Crippen LogP contribution in [0.2, 0.25) is 0 Å². The number of rotatable bonds is 5. The largest absolute Gasteiger partial charge is 0.354 e. The van der Waals surface area contributed by atoms with E-state index in [1.807, 2.05) is 42.5 Å². The smallest absolute Gasteiger partial charge is 0.259 e. The number of benzene rings is 2. The van der Waals surface area contributed by atoms with Crippen molar-refractivity contribution in [3.63, 3.8) is 0 Å². The van der Waals surface area contributed by atoms with Gasteiger partial charge in [0.1, 0.15) is 6.04 Å². The Labute approximate surface area is 148 Å². The Morgan fingerprint density at radius 3 is 2.48 bits per heavy atom. The van der Waals surface area contributed by atoms with Gasteiger partial charge >= 0.3 is 0 Å². The monoisotopic (exact) mass is 336 g/mol. The van der Waals surface area contributed by atoms with Gasteiger partial charge in [0, 0.05) is 24.2 Å². The van der Waals surface area contributed by atoms with E-state index in [1.54, 1.807) is 17.0 Å². The maximum absolute atomic E-state index is 13.1. The number of para-hydroxylation sites is 1. The van der Waals surface area contributed by atoms with E-state index < -0.39 is 6.04 Å². The molecule has 1 N–H and O–H groups in total. The van der Waals surface area contributed by atoms with Crippen LogP contribution in [0.15, 0.2) is 54.6 Å². The summed E-state index contributed by atoms with van der Waals surface area (Å²) in [6, 6.07) is 16.4. The van der Waals surface area contributed by atoms with E-state index in [0.29, 0.717) is 24.4 Å². The molecule has 0 unspecified atom stereocenters. The lowest BCUT2D eigenvalue weighted by Crippen LogP contribution is -2.48. The average Bonchev–Trinajstić information content (AvgIpc) is 3.01. The van der Waals surface area contributed by atoms with Crippen LogP contribution in [0.4, 0.5) is 5.69 Å². The Morgan fingerprint density at radius 1 is 1.08 bits per heavy atom. The van der Waals surface area contributed by atoms with Gasteiger partial charge in [-0.05, 0) is 36.1 Å². The molecule has 0 fully saturated rings. The third-order valence-electron chi connectivity index (χ3n) is 4.54. The third kappa shape index (κ3) is 3.73. The fourth-order valence-electron chi connectivity index (χ4n) is 3.17. The predicted octanol–water partition coefficient (Wildman–Crippen LogP) is 3.42. The standard InChI is InChI=1S/C21H24N2O2/c1-15(2)12-13-22-20(24)19-14-17-10-6-7-11-18(17)23(19)21(25)16-8-4-3-5-9-16/h3-11,15,19H,12-14H2,1-2H3,(H,22,24)/t19-/m1/s1. The van der Waals surface area contributed by atoms with Crippen LogP contribution in [0.1, 0.15) is 36.2 Å². The van der Waals surface area contributed by atoms with E-state index in [2.05, 4.69) is 19.2 Å². The quantitative estimate of drug-likeness (QED) is 0.909. The van der Waals surface area contributed by atoms with Crippen molar-refractivity contribution in [2.24, 2.45) is 5.92 Å². The number of amides is 2. The van der Waals surface area contributed by atoms with Gasteiger partial charge in [-0.1, -0.05) is 50.2 Å². The number of fused-ring (bicyclic) bond motifs is 1. The molecular weight excluding hydrogens is 312 g/mol. The van der Waals surface area contributed by atoms with E-state index >= 15 is 0 Å². The molecule has 0 saturated heterocycles. The summed E-state index contributed by atoms with van der Waals surface area (Å²) in [6.07, 6.45) is 1.49. The van der Waals surface area contributed by atoms with Gasteiger partial charge in [0.15, 0.2) is 0 Å². The lowest BCUT2D eigenvalue weighted by atomic mass is 10.1. The molecule has 0 aromatic heterocycles. The summed E-state index contributed by atoms with van der Waals surface area (Å²) < 4.78 is 0. The van der Waals surface area contributed by atoms with Crippen molar-refractivity contribution in [2.75, 3.05) is 11.4 Å². The fourth-order valence-corrected chi connectivity index (χ4v) is 3.17. The molecule has 4 nitrogen and oxygen atoms in total. The Kier molecular flexibility index (Phi) is 5.17. The first kappa shape index (κ1) is 17.2. The molecule has 1 aliphatic rings. The molecule has 25 heavy (non-hydrogen) atoms. The zero-order valence-electron chi connectivity index (χ0n) is 14.7. The highest BCUT2D eigenvalue weighted by atomic mass is 16.2. The second kappa shape index (κ2) is 7.51. The Bertz CT molecular complexity index is 756. The summed E-state index contributed by atoms with van der Waals surface area (Å²) in [7, 11) is 0. The van der Waals surface area contributed by atoms with E-state index in [9.17, 15) is 9.59 Å². The minimum absolute atomic E-state index is 0.0823. The topological polar surface area (TPSA) is 49.4 Å². The van der Waals surface area contributed by atoms with Gasteiger partial charge in [0.05, 0.1) is 0 Å². The number of nitrogens with zero attached hydrogens (tertiary/aromatic N) is 1. The lowest BCUT2D eigenvalue weighted by Gasteiger charge is -2.25. The first-order chi connectivity index (χ1) is 12.1. The molecule has 1 atom stereocenters. The maximum atomic E-state index is 13.1. The first-order valence-corrected chi connectivity index (χ1v) is 8.82. The summed E-state index contributed by atoms with van der Waals surface area (Å²) in [4.78, 5) is 27.4. The number of carbonyl (C=O) groups excluding carboxylic acids is 2. The van der Waals surface area contributed by atoms with Gasteiger partial charge < -0.3 is 5.32 Å². The molecule has 0 spiro atoms. The third-order valence-corrected chi connectivity index (χ3v) is 4.54. The number of carbonyl (C=O) groups is 2. The Hall–Kier alpha value is -2.62. The molecule has 2 aromatic rings. The van der Waals surface area contributed by atoms with Gasteiger partial charge in [0.2, 0.25) is 5.91 Å². The molecule has 1 heterocycles. The summed E-state index contributed by atoms with van der Waals surface area (Å²) in [5.74, 6) is 0.318. The summed E-state index contributed by atoms with van der Waals surface area (Å²) in [6.45, 7) is 4.89. The number of nitrogens with one attached hydrogen (secondary N) is 1. The van der Waals surface area contributed by atoms with Gasteiger partial charge in [-0.2, -0.15) is 0 Å². The van der Waals surface area contributed by atoms with Crippen molar-refractivity contribution in [3.05, 3.63) is 65.7 Å². The van der Waals surface area contributed by atoms with Crippen LogP contribution in [-0.4, -0.2) is 24.4 Å². The molecule has 0 radical (unpaired) electrons. The minimum atomic E-state index is -0.489. The highest BCUT2D eigenvalue weighted by Crippen LogP contribution is 2.33. The van der Waals surface area contributed by atoms with Crippen LogP contribution in [0.5, 0.6) is 0 Å². The molecule has 0 bridgehead atoms. The molecule has 3 rings (SSSR count). The molecular formula is C21H24N2O2. The van der Waals surface area contributed by atoms with Crippen molar-refractivity contribution in [1.82, 2.24) is 5.32 Å². The number of hydrogen-bond acceptors (Lipinski definition) is 2. The zero-order chi connectivity index (χ0) is 17.8. The van der Waals surface area contributed by atoms with Crippen LogP contribution >= 0.6 is 0 Å². The molecule has 0 saturated carbocycles. The van der Waals surface area contributed by atoms with E-state index in [1.165, 1.54) is 0 Å².